The monoisotopic (exact) mass is 251 g/mol. The number of hydrogen-bond acceptors (Lipinski definition) is 2. The van der Waals surface area contributed by atoms with Crippen molar-refractivity contribution >= 4 is 0 Å². The fraction of sp³-hybridized carbons (Fsp3) is 1.00. The van der Waals surface area contributed by atoms with E-state index < -0.39 is 31.1 Å². The van der Waals surface area contributed by atoms with Gasteiger partial charge in [0.15, 0.2) is 0 Å². The average molecular weight is 251 g/mol. The van der Waals surface area contributed by atoms with Crippen LogP contribution in [0.25, 0.3) is 0 Å². The first-order valence-electron chi connectivity index (χ1n) is 4.69. The summed E-state index contributed by atoms with van der Waals surface area (Å²) in [7, 11) is 0. The molecule has 0 aliphatic carbocycles. The van der Waals surface area contributed by atoms with Crippen LogP contribution in [-0.2, 0) is 4.74 Å². The highest BCUT2D eigenvalue weighted by atomic mass is 19.4. The van der Waals surface area contributed by atoms with E-state index >= 15 is 0 Å². The molecule has 1 N–H and O–H groups in total. The normalized spacial score (nSPS) is 23.1. The van der Waals surface area contributed by atoms with Crippen molar-refractivity contribution in [1.82, 2.24) is 5.32 Å². The first kappa shape index (κ1) is 13.6. The molecule has 0 aromatic heterocycles. The van der Waals surface area contributed by atoms with E-state index in [1.54, 1.807) is 0 Å². The molecule has 1 aliphatic rings. The molecule has 0 aromatic rings. The van der Waals surface area contributed by atoms with Gasteiger partial charge in [-0.05, 0) is 19.4 Å². The fourth-order valence-corrected chi connectivity index (χ4v) is 1.49. The van der Waals surface area contributed by atoms with E-state index in [0.717, 1.165) is 6.42 Å². The predicted octanol–water partition coefficient (Wildman–Crippen LogP) is 2.25. The van der Waals surface area contributed by atoms with Gasteiger partial charge in [0.2, 0.25) is 6.10 Å². The molecule has 0 bridgehead atoms. The maximum Gasteiger partial charge on any atom is 0.423 e. The van der Waals surface area contributed by atoms with Crippen LogP contribution in [0.5, 0.6) is 0 Å². The molecular weight excluding hydrogens is 240 g/mol. The van der Waals surface area contributed by atoms with Gasteiger partial charge in [-0.15, -0.1) is 0 Å². The Labute approximate surface area is 87.9 Å². The van der Waals surface area contributed by atoms with Gasteiger partial charge in [-0.3, -0.25) is 0 Å². The van der Waals surface area contributed by atoms with Crippen LogP contribution in [0, 0.1) is 0 Å². The van der Waals surface area contributed by atoms with Crippen molar-refractivity contribution in [1.29, 1.82) is 0 Å². The van der Waals surface area contributed by atoms with Crippen molar-refractivity contribution in [2.24, 2.45) is 0 Å². The van der Waals surface area contributed by atoms with Crippen molar-refractivity contribution in [3.63, 3.8) is 0 Å². The standard InChI is InChI=1S/C8H11F6NO/c9-7(10,11)6(8(12,13)14)16-4-5-2-1-3-15-5/h5-6,15H,1-4H2. The Morgan fingerprint density at radius 1 is 1.12 bits per heavy atom. The van der Waals surface area contributed by atoms with E-state index in [-0.39, 0.29) is 0 Å². The van der Waals surface area contributed by atoms with E-state index in [4.69, 9.17) is 0 Å². The molecule has 2 nitrogen and oxygen atoms in total. The zero-order valence-electron chi connectivity index (χ0n) is 8.16. The topological polar surface area (TPSA) is 21.3 Å². The number of alkyl halides is 6. The largest absolute Gasteiger partial charge is 0.423 e. The SMILES string of the molecule is FC(F)(F)C(OCC1CCCN1)C(F)(F)F. The Hall–Kier alpha value is -0.500. The molecule has 96 valence electrons. The molecule has 1 saturated heterocycles. The van der Waals surface area contributed by atoms with Crippen molar-refractivity contribution in [3.8, 4) is 0 Å². The van der Waals surface area contributed by atoms with E-state index in [0.29, 0.717) is 13.0 Å². The van der Waals surface area contributed by atoms with Gasteiger partial charge in [0, 0.05) is 6.04 Å². The van der Waals surface area contributed by atoms with Crippen LogP contribution in [0.15, 0.2) is 0 Å². The van der Waals surface area contributed by atoms with Crippen molar-refractivity contribution in [2.75, 3.05) is 13.2 Å². The second-order valence-corrected chi connectivity index (χ2v) is 3.59. The predicted molar refractivity (Wildman–Crippen MR) is 42.9 cm³/mol. The molecular formula is C8H11F6NO. The molecule has 1 unspecified atom stereocenters. The van der Waals surface area contributed by atoms with Crippen LogP contribution in [0.1, 0.15) is 12.8 Å². The smallest absolute Gasteiger partial charge is 0.359 e. The summed E-state index contributed by atoms with van der Waals surface area (Å²) in [6.07, 6.45) is -13.3. The lowest BCUT2D eigenvalue weighted by molar-refractivity contribution is -0.322. The van der Waals surface area contributed by atoms with Gasteiger partial charge < -0.3 is 10.1 Å². The number of nitrogens with one attached hydrogen (secondary N) is 1. The average Bonchev–Trinajstić information content (AvgIpc) is 2.51. The summed E-state index contributed by atoms with van der Waals surface area (Å²) in [5.74, 6) is 0. The van der Waals surface area contributed by atoms with E-state index in [2.05, 4.69) is 10.1 Å². The lowest BCUT2D eigenvalue weighted by Gasteiger charge is -2.24. The van der Waals surface area contributed by atoms with Gasteiger partial charge in [0.1, 0.15) is 0 Å². The highest BCUT2D eigenvalue weighted by Crippen LogP contribution is 2.35. The van der Waals surface area contributed by atoms with Crippen molar-refractivity contribution < 1.29 is 31.1 Å². The lowest BCUT2D eigenvalue weighted by atomic mass is 10.2. The maximum absolute atomic E-state index is 12.0. The molecule has 8 heteroatoms. The summed E-state index contributed by atoms with van der Waals surface area (Å²) in [6.45, 7) is 0.0143. The van der Waals surface area contributed by atoms with Crippen LogP contribution < -0.4 is 5.32 Å². The van der Waals surface area contributed by atoms with Crippen LogP contribution >= 0.6 is 0 Å². The quantitative estimate of drug-likeness (QED) is 0.777. The van der Waals surface area contributed by atoms with Gasteiger partial charge in [0.05, 0.1) is 6.61 Å². The summed E-state index contributed by atoms with van der Waals surface area (Å²) >= 11 is 0. The van der Waals surface area contributed by atoms with E-state index in [9.17, 15) is 26.3 Å². The van der Waals surface area contributed by atoms with Crippen molar-refractivity contribution in [2.45, 2.75) is 37.3 Å². The Morgan fingerprint density at radius 3 is 2.06 bits per heavy atom. The third-order valence-corrected chi connectivity index (χ3v) is 2.22. The van der Waals surface area contributed by atoms with E-state index in [1.807, 2.05) is 0 Å². The molecule has 1 fully saturated rings. The zero-order valence-corrected chi connectivity index (χ0v) is 8.16. The molecule has 0 amide bonds. The van der Waals surface area contributed by atoms with Gasteiger partial charge >= 0.3 is 12.4 Å². The summed E-state index contributed by atoms with van der Waals surface area (Å²) in [5.41, 5.74) is 0. The molecule has 1 atom stereocenters. The minimum Gasteiger partial charge on any atom is -0.359 e. The van der Waals surface area contributed by atoms with Gasteiger partial charge in [-0.1, -0.05) is 0 Å². The first-order chi connectivity index (χ1) is 7.21. The number of ether oxygens (including phenoxy) is 1. The molecule has 0 saturated carbocycles. The van der Waals surface area contributed by atoms with Crippen LogP contribution in [0.2, 0.25) is 0 Å². The summed E-state index contributed by atoms with van der Waals surface area (Å²) in [4.78, 5) is 0. The number of halogens is 6. The number of hydrogen-bond donors (Lipinski definition) is 1. The minimum absolute atomic E-state index is 0.424. The molecule has 16 heavy (non-hydrogen) atoms. The molecule has 0 aromatic carbocycles. The third-order valence-electron chi connectivity index (χ3n) is 2.22. The Morgan fingerprint density at radius 2 is 1.69 bits per heavy atom. The second kappa shape index (κ2) is 4.79. The Kier molecular flexibility index (Phi) is 4.06. The molecule has 1 heterocycles. The molecule has 1 rings (SSSR count). The van der Waals surface area contributed by atoms with Crippen LogP contribution in [-0.4, -0.2) is 37.7 Å². The highest BCUT2D eigenvalue weighted by molar-refractivity contribution is 4.79. The lowest BCUT2D eigenvalue weighted by Crippen LogP contribution is -2.46. The fourth-order valence-electron chi connectivity index (χ4n) is 1.49. The van der Waals surface area contributed by atoms with Gasteiger partial charge in [-0.25, -0.2) is 0 Å². The van der Waals surface area contributed by atoms with Gasteiger partial charge in [-0.2, -0.15) is 26.3 Å². The van der Waals surface area contributed by atoms with Gasteiger partial charge in [0.25, 0.3) is 0 Å². The maximum atomic E-state index is 12.0. The molecule has 1 aliphatic heterocycles. The third kappa shape index (κ3) is 3.82. The Balaban J connectivity index is 2.51. The summed E-state index contributed by atoms with van der Waals surface area (Å²) < 4.78 is 76.1. The summed E-state index contributed by atoms with van der Waals surface area (Å²) in [6, 6.07) is -0.424. The van der Waals surface area contributed by atoms with Crippen LogP contribution in [0.3, 0.4) is 0 Å². The second-order valence-electron chi connectivity index (χ2n) is 3.59. The number of rotatable bonds is 3. The van der Waals surface area contributed by atoms with Crippen LogP contribution in [0.4, 0.5) is 26.3 Å². The first-order valence-corrected chi connectivity index (χ1v) is 4.69. The Bertz CT molecular complexity index is 206. The van der Waals surface area contributed by atoms with Crippen molar-refractivity contribution in [3.05, 3.63) is 0 Å². The summed E-state index contributed by atoms with van der Waals surface area (Å²) in [5, 5.41) is 2.76. The van der Waals surface area contributed by atoms with E-state index in [1.165, 1.54) is 0 Å². The molecule has 0 spiro atoms. The minimum atomic E-state index is -5.42. The highest BCUT2D eigenvalue weighted by Gasteiger charge is 2.58. The zero-order chi connectivity index (χ0) is 12.4. The molecule has 0 radical (unpaired) electrons.